The first-order valence-electron chi connectivity index (χ1n) is 5.31. The molecule has 0 heteroatoms. The minimum absolute atomic E-state index is 0.920. The first-order chi connectivity index (χ1) is 6.41. The van der Waals surface area contributed by atoms with Gasteiger partial charge in [0.1, 0.15) is 0 Å². The molecule has 0 N–H and O–H groups in total. The first kappa shape index (κ1) is 12.1. The highest BCUT2D eigenvalue weighted by Crippen LogP contribution is 2.01. The normalized spacial score (nSPS) is 8.62. The molecule has 0 saturated heterocycles. The van der Waals surface area contributed by atoms with Crippen molar-refractivity contribution in [3.8, 4) is 24.2 Å². The van der Waals surface area contributed by atoms with Crippen LogP contribution in [0.4, 0.5) is 0 Å². The van der Waals surface area contributed by atoms with E-state index in [1.54, 1.807) is 0 Å². The van der Waals surface area contributed by atoms with Gasteiger partial charge in [0.15, 0.2) is 0 Å². The Kier molecular flexibility index (Phi) is 10.4. The summed E-state index contributed by atoms with van der Waals surface area (Å²) in [6.45, 7) is 2.20. The van der Waals surface area contributed by atoms with Crippen LogP contribution in [-0.2, 0) is 0 Å². The second kappa shape index (κ2) is 11.1. The number of hydrogen-bond donors (Lipinski definition) is 0. The third-order valence-corrected chi connectivity index (χ3v) is 1.90. The summed E-state index contributed by atoms with van der Waals surface area (Å²) < 4.78 is 0. The van der Waals surface area contributed by atoms with Crippen molar-refractivity contribution in [3.63, 3.8) is 0 Å². The van der Waals surface area contributed by atoms with Crippen LogP contribution in [0.15, 0.2) is 0 Å². The van der Waals surface area contributed by atoms with Crippen LogP contribution < -0.4 is 0 Å². The Hall–Kier alpha value is -0.880. The van der Waals surface area contributed by atoms with Crippen molar-refractivity contribution in [1.29, 1.82) is 0 Å². The fraction of sp³-hybridized carbons (Fsp3) is 0.692. The van der Waals surface area contributed by atoms with Crippen LogP contribution in [0.2, 0.25) is 0 Å². The van der Waals surface area contributed by atoms with E-state index in [1.165, 1.54) is 25.7 Å². The van der Waals surface area contributed by atoms with Crippen LogP contribution in [0.3, 0.4) is 0 Å². The first-order valence-corrected chi connectivity index (χ1v) is 5.31. The summed E-state index contributed by atoms with van der Waals surface area (Å²) in [5, 5.41) is 0. The Morgan fingerprint density at radius 3 is 2.08 bits per heavy atom. The molecule has 0 spiro atoms. The Morgan fingerprint density at radius 1 is 0.846 bits per heavy atom. The maximum absolute atomic E-state index is 5.15. The van der Waals surface area contributed by atoms with E-state index in [1.807, 2.05) is 0 Å². The summed E-state index contributed by atoms with van der Waals surface area (Å²) in [7, 11) is 0. The van der Waals surface area contributed by atoms with Crippen LogP contribution >= 0.6 is 0 Å². The molecule has 0 aromatic heterocycles. The lowest BCUT2D eigenvalue weighted by atomic mass is 10.1. The van der Waals surface area contributed by atoms with Gasteiger partial charge in [-0.05, 0) is 19.3 Å². The molecule has 0 amide bonds. The highest BCUT2D eigenvalue weighted by Gasteiger charge is 1.84. The molecule has 0 aromatic rings. The van der Waals surface area contributed by atoms with Crippen LogP contribution in [0.5, 0.6) is 0 Å². The molecule has 0 fully saturated rings. The number of hydrogen-bond acceptors (Lipinski definition) is 0. The van der Waals surface area contributed by atoms with E-state index in [-0.39, 0.29) is 0 Å². The monoisotopic (exact) mass is 176 g/mol. The van der Waals surface area contributed by atoms with Gasteiger partial charge in [0, 0.05) is 19.3 Å². The van der Waals surface area contributed by atoms with Crippen LogP contribution in [0.1, 0.15) is 58.3 Å². The molecule has 0 saturated carbocycles. The molecule has 0 nitrogen and oxygen atoms in total. The van der Waals surface area contributed by atoms with Crippen molar-refractivity contribution in [2.24, 2.45) is 0 Å². The summed E-state index contributed by atoms with van der Waals surface area (Å²) >= 11 is 0. The zero-order valence-electron chi connectivity index (χ0n) is 8.73. The Morgan fingerprint density at radius 2 is 1.46 bits per heavy atom. The van der Waals surface area contributed by atoms with E-state index in [4.69, 9.17) is 6.42 Å². The molecule has 0 aliphatic heterocycles. The van der Waals surface area contributed by atoms with Crippen molar-refractivity contribution in [1.82, 2.24) is 0 Å². The van der Waals surface area contributed by atoms with Gasteiger partial charge in [0.05, 0.1) is 0 Å². The maximum atomic E-state index is 5.15. The molecular weight excluding hydrogens is 156 g/mol. The molecule has 0 rings (SSSR count). The van der Waals surface area contributed by atoms with Crippen molar-refractivity contribution in [2.75, 3.05) is 0 Å². The lowest BCUT2D eigenvalue weighted by molar-refractivity contribution is 0.708. The van der Waals surface area contributed by atoms with E-state index in [0.29, 0.717) is 0 Å². The van der Waals surface area contributed by atoms with Gasteiger partial charge in [-0.1, -0.05) is 19.8 Å². The van der Waals surface area contributed by atoms with E-state index in [9.17, 15) is 0 Å². The fourth-order valence-electron chi connectivity index (χ4n) is 1.06. The minimum Gasteiger partial charge on any atom is -0.120 e. The van der Waals surface area contributed by atoms with Crippen molar-refractivity contribution < 1.29 is 0 Å². The standard InChI is InChI=1S/C13H20/c1-3-5-7-9-11-13-12-10-8-6-4-2/h1H,4-9,11,13H2,2H3. The predicted octanol–water partition coefficient (Wildman–Crippen LogP) is 3.76. The lowest BCUT2D eigenvalue weighted by Gasteiger charge is -1.91. The lowest BCUT2D eigenvalue weighted by Crippen LogP contribution is -1.75. The van der Waals surface area contributed by atoms with Crippen LogP contribution in [0.25, 0.3) is 0 Å². The van der Waals surface area contributed by atoms with Crippen molar-refractivity contribution in [3.05, 3.63) is 0 Å². The van der Waals surface area contributed by atoms with Gasteiger partial charge in [0.2, 0.25) is 0 Å². The SMILES string of the molecule is C#CCCCCCC#CCCCC. The van der Waals surface area contributed by atoms with Gasteiger partial charge in [-0.15, -0.1) is 24.2 Å². The minimum atomic E-state index is 0.920. The van der Waals surface area contributed by atoms with Crippen LogP contribution in [0, 0.1) is 24.2 Å². The third kappa shape index (κ3) is 11.1. The maximum Gasteiger partial charge on any atom is 0.00886 e. The highest BCUT2D eigenvalue weighted by molar-refractivity contribution is 4.98. The highest BCUT2D eigenvalue weighted by atomic mass is 13.9. The Balaban J connectivity index is 3.05. The van der Waals surface area contributed by atoms with Gasteiger partial charge in [-0.3, -0.25) is 0 Å². The van der Waals surface area contributed by atoms with Gasteiger partial charge in [0.25, 0.3) is 0 Å². The summed E-state index contributed by atoms with van der Waals surface area (Å²) in [6, 6.07) is 0. The molecule has 0 atom stereocenters. The molecule has 0 bridgehead atoms. The van der Waals surface area contributed by atoms with Gasteiger partial charge in [-0.2, -0.15) is 0 Å². The number of rotatable bonds is 6. The fourth-order valence-corrected chi connectivity index (χ4v) is 1.06. The van der Waals surface area contributed by atoms with E-state index < -0.39 is 0 Å². The summed E-state index contributed by atoms with van der Waals surface area (Å²) in [5.74, 6) is 9.03. The Bertz CT molecular complexity index is 184. The van der Waals surface area contributed by atoms with Crippen molar-refractivity contribution >= 4 is 0 Å². The molecule has 0 heterocycles. The average Bonchev–Trinajstić information content (AvgIpc) is 2.16. The molecule has 0 aliphatic rings. The van der Waals surface area contributed by atoms with Crippen molar-refractivity contribution in [2.45, 2.75) is 58.3 Å². The largest absolute Gasteiger partial charge is 0.120 e. The van der Waals surface area contributed by atoms with E-state index >= 15 is 0 Å². The summed E-state index contributed by atoms with van der Waals surface area (Å²) in [5.41, 5.74) is 0. The molecule has 13 heavy (non-hydrogen) atoms. The third-order valence-electron chi connectivity index (χ3n) is 1.90. The number of terminal acetylenes is 1. The van der Waals surface area contributed by atoms with Gasteiger partial charge < -0.3 is 0 Å². The second-order valence-corrected chi connectivity index (χ2v) is 3.22. The summed E-state index contributed by atoms with van der Waals surface area (Å²) in [4.78, 5) is 0. The van der Waals surface area contributed by atoms with E-state index in [2.05, 4.69) is 24.7 Å². The molecule has 0 radical (unpaired) electrons. The Labute approximate surface area is 83.1 Å². The second-order valence-electron chi connectivity index (χ2n) is 3.22. The predicted molar refractivity (Wildman–Crippen MR) is 59.2 cm³/mol. The zero-order valence-corrected chi connectivity index (χ0v) is 8.73. The average molecular weight is 176 g/mol. The quantitative estimate of drug-likeness (QED) is 0.427. The molecule has 0 unspecified atom stereocenters. The van der Waals surface area contributed by atoms with Crippen LogP contribution in [-0.4, -0.2) is 0 Å². The van der Waals surface area contributed by atoms with Gasteiger partial charge in [-0.25, -0.2) is 0 Å². The van der Waals surface area contributed by atoms with Gasteiger partial charge >= 0.3 is 0 Å². The molecule has 0 aliphatic carbocycles. The molecule has 0 aromatic carbocycles. The zero-order chi connectivity index (χ0) is 9.78. The smallest absolute Gasteiger partial charge is 0.00886 e. The molecule has 72 valence electrons. The number of unbranched alkanes of at least 4 members (excludes halogenated alkanes) is 6. The molecular formula is C13H20. The topological polar surface area (TPSA) is 0 Å². The van der Waals surface area contributed by atoms with E-state index in [0.717, 1.165) is 25.7 Å². The summed E-state index contributed by atoms with van der Waals surface area (Å²) in [6.07, 6.45) is 14.3.